The fraction of sp³-hybridized carbons (Fsp3) is 0.520. The molecule has 1 saturated heterocycles. The van der Waals surface area contributed by atoms with E-state index in [9.17, 15) is 9.59 Å². The predicted molar refractivity (Wildman–Crippen MR) is 235 cm³/mol. The van der Waals surface area contributed by atoms with Crippen LogP contribution in [0, 0.1) is 5.41 Å². The molecule has 0 bridgehead atoms. The predicted octanol–water partition coefficient (Wildman–Crippen LogP) is 9.89. The van der Waals surface area contributed by atoms with Gasteiger partial charge in [-0.15, -0.1) is 0 Å². The second-order valence-corrected chi connectivity index (χ2v) is 16.0. The summed E-state index contributed by atoms with van der Waals surface area (Å²) >= 11 is 0. The first-order chi connectivity index (χ1) is 29.5. The standard InChI is InChI=1S/C50H68O11/c1-9-10-11-12-16-20-46(51)60-48-41(32-47(52)55-7)31-44(61-50(48,56-8)49(3,4)29-17-30-57-34-39-21-25-42(53-5)26-22-39)33-45(37(2)58-35-38-18-14-13-15-19-38)59-36-40-23-27-43(54-6)28-24-40/h13-15,17-19,21-29,32,37,44-45,48H,9-12,16,20,30-31,33-36H2,1-8H3/t37?,44-,45?,48-,50+/m0/s1. The largest absolute Gasteiger partial charge is 0.497 e. The monoisotopic (exact) mass is 844 g/mol. The molecular formula is C50H68O11. The molecule has 11 heteroatoms. The van der Waals surface area contributed by atoms with Crippen molar-refractivity contribution in [1.29, 1.82) is 0 Å². The van der Waals surface area contributed by atoms with Crippen molar-refractivity contribution in [2.75, 3.05) is 35.0 Å². The first kappa shape index (κ1) is 49.1. The molecule has 3 aromatic carbocycles. The van der Waals surface area contributed by atoms with E-state index in [4.69, 9.17) is 42.6 Å². The molecule has 0 aliphatic carbocycles. The van der Waals surface area contributed by atoms with Crippen LogP contribution in [0.2, 0.25) is 0 Å². The Hall–Kier alpha value is -4.52. The molecule has 334 valence electrons. The zero-order valence-corrected chi connectivity index (χ0v) is 37.5. The molecule has 4 rings (SSSR count). The van der Waals surface area contributed by atoms with E-state index in [-0.39, 0.29) is 18.9 Å². The van der Waals surface area contributed by atoms with Crippen LogP contribution in [0.3, 0.4) is 0 Å². The van der Waals surface area contributed by atoms with Crippen molar-refractivity contribution < 1.29 is 52.2 Å². The van der Waals surface area contributed by atoms with Gasteiger partial charge >= 0.3 is 11.9 Å². The van der Waals surface area contributed by atoms with Gasteiger partial charge in [-0.1, -0.05) is 113 Å². The van der Waals surface area contributed by atoms with Crippen LogP contribution >= 0.6 is 0 Å². The van der Waals surface area contributed by atoms with Crippen LogP contribution in [-0.4, -0.2) is 77.2 Å². The number of hydrogen-bond acceptors (Lipinski definition) is 11. The molecule has 5 atom stereocenters. The van der Waals surface area contributed by atoms with E-state index >= 15 is 0 Å². The first-order valence-corrected chi connectivity index (χ1v) is 21.5. The average Bonchev–Trinajstić information content (AvgIpc) is 3.27. The van der Waals surface area contributed by atoms with E-state index in [1.807, 2.05) is 112 Å². The molecule has 1 fully saturated rings. The van der Waals surface area contributed by atoms with Gasteiger partial charge in [0.05, 0.1) is 66.1 Å². The summed E-state index contributed by atoms with van der Waals surface area (Å²) in [6, 6.07) is 25.4. The van der Waals surface area contributed by atoms with Crippen molar-refractivity contribution in [1.82, 2.24) is 0 Å². The Kier molecular flexibility index (Phi) is 20.5. The summed E-state index contributed by atoms with van der Waals surface area (Å²) in [6.45, 7) is 9.46. The smallest absolute Gasteiger partial charge is 0.330 e. The van der Waals surface area contributed by atoms with Gasteiger partial charge in [0.15, 0.2) is 6.10 Å². The highest BCUT2D eigenvalue weighted by Gasteiger charge is 2.59. The van der Waals surface area contributed by atoms with E-state index < -0.39 is 41.5 Å². The number of carbonyl (C=O) groups is 2. The van der Waals surface area contributed by atoms with Crippen molar-refractivity contribution in [2.24, 2.45) is 5.41 Å². The maximum atomic E-state index is 13.7. The number of ether oxygens (including phenoxy) is 9. The topological polar surface area (TPSA) is 117 Å². The second kappa shape index (κ2) is 25.4. The summed E-state index contributed by atoms with van der Waals surface area (Å²) in [6.07, 6.45) is 8.48. The number of esters is 2. The lowest BCUT2D eigenvalue weighted by Gasteiger charge is -2.53. The molecule has 0 spiro atoms. The van der Waals surface area contributed by atoms with E-state index in [1.165, 1.54) is 13.2 Å². The zero-order chi connectivity index (χ0) is 44.1. The van der Waals surface area contributed by atoms with E-state index in [1.54, 1.807) is 21.3 Å². The summed E-state index contributed by atoms with van der Waals surface area (Å²) in [7, 11) is 6.14. The van der Waals surface area contributed by atoms with Gasteiger partial charge in [-0.05, 0) is 66.3 Å². The van der Waals surface area contributed by atoms with Gasteiger partial charge in [-0.25, -0.2) is 4.79 Å². The average molecular weight is 845 g/mol. The number of benzene rings is 3. The van der Waals surface area contributed by atoms with Crippen LogP contribution in [-0.2, 0) is 62.6 Å². The van der Waals surface area contributed by atoms with Gasteiger partial charge in [-0.2, -0.15) is 0 Å². The van der Waals surface area contributed by atoms with Crippen molar-refractivity contribution in [2.45, 2.75) is 129 Å². The van der Waals surface area contributed by atoms with Crippen LogP contribution in [0.25, 0.3) is 0 Å². The number of methoxy groups -OCH3 is 4. The Balaban J connectivity index is 1.66. The Bertz CT molecular complexity index is 1790. The Labute approximate surface area is 363 Å². The summed E-state index contributed by atoms with van der Waals surface area (Å²) in [5.74, 6) is -1.03. The van der Waals surface area contributed by atoms with Crippen LogP contribution < -0.4 is 9.47 Å². The molecule has 1 heterocycles. The van der Waals surface area contributed by atoms with E-state index in [0.29, 0.717) is 44.8 Å². The third-order valence-corrected chi connectivity index (χ3v) is 11.1. The van der Waals surface area contributed by atoms with Crippen molar-refractivity contribution in [3.05, 3.63) is 119 Å². The number of rotatable bonds is 26. The molecule has 1 aliphatic heterocycles. The third kappa shape index (κ3) is 15.1. The van der Waals surface area contributed by atoms with E-state index in [0.717, 1.165) is 53.9 Å². The Morgan fingerprint density at radius 1 is 0.803 bits per heavy atom. The van der Waals surface area contributed by atoms with Crippen molar-refractivity contribution >= 4 is 11.9 Å². The lowest BCUT2D eigenvalue weighted by molar-refractivity contribution is -0.339. The fourth-order valence-electron chi connectivity index (χ4n) is 7.48. The Morgan fingerprint density at radius 2 is 1.41 bits per heavy atom. The molecule has 0 aromatic heterocycles. The molecular weight excluding hydrogens is 777 g/mol. The summed E-state index contributed by atoms with van der Waals surface area (Å²) in [5.41, 5.74) is 2.58. The van der Waals surface area contributed by atoms with Gasteiger partial charge in [0, 0.05) is 31.4 Å². The Morgan fingerprint density at radius 3 is 2.02 bits per heavy atom. The number of hydrogen-bond donors (Lipinski definition) is 0. The minimum absolute atomic E-state index is 0.224. The molecule has 3 aromatic rings. The lowest BCUT2D eigenvalue weighted by atomic mass is 9.74. The second-order valence-electron chi connectivity index (χ2n) is 16.0. The summed E-state index contributed by atoms with van der Waals surface area (Å²) in [4.78, 5) is 26.8. The highest BCUT2D eigenvalue weighted by Crippen LogP contribution is 2.49. The van der Waals surface area contributed by atoms with Gasteiger partial charge < -0.3 is 42.6 Å². The highest BCUT2D eigenvalue weighted by atomic mass is 16.7. The lowest BCUT2D eigenvalue weighted by Crippen LogP contribution is -2.63. The fourth-order valence-corrected chi connectivity index (χ4v) is 7.48. The van der Waals surface area contributed by atoms with Gasteiger partial charge in [0.1, 0.15) is 11.5 Å². The summed E-state index contributed by atoms with van der Waals surface area (Å²) < 4.78 is 54.9. The highest BCUT2D eigenvalue weighted by molar-refractivity contribution is 5.83. The minimum Gasteiger partial charge on any atom is -0.497 e. The maximum Gasteiger partial charge on any atom is 0.330 e. The molecule has 0 N–H and O–H groups in total. The first-order valence-electron chi connectivity index (χ1n) is 21.5. The van der Waals surface area contributed by atoms with Gasteiger partial charge in [0.25, 0.3) is 0 Å². The zero-order valence-electron chi connectivity index (χ0n) is 37.5. The van der Waals surface area contributed by atoms with Gasteiger partial charge in [0.2, 0.25) is 5.79 Å². The number of unbranched alkanes of at least 4 members (excludes halogenated alkanes) is 4. The molecule has 2 unspecified atom stereocenters. The van der Waals surface area contributed by atoms with Crippen molar-refractivity contribution in [3.8, 4) is 11.5 Å². The van der Waals surface area contributed by atoms with Gasteiger partial charge in [-0.3, -0.25) is 4.79 Å². The van der Waals surface area contributed by atoms with Crippen LogP contribution in [0.15, 0.2) is 103 Å². The molecule has 1 aliphatic rings. The van der Waals surface area contributed by atoms with Crippen LogP contribution in [0.1, 0.15) is 95.8 Å². The minimum atomic E-state index is -1.59. The normalized spacial score (nSPS) is 19.7. The van der Waals surface area contributed by atoms with Crippen LogP contribution in [0.5, 0.6) is 11.5 Å². The molecule has 61 heavy (non-hydrogen) atoms. The van der Waals surface area contributed by atoms with E-state index in [2.05, 4.69) is 6.92 Å². The SMILES string of the molecule is CCCCCCCC(=O)O[C@H]1C(=CC(=O)OC)C[C@@H](CC(OCc2ccc(OC)cc2)C(C)OCc2ccccc2)O[C@@]1(OC)C(C)(C)C=CCOCc1ccc(OC)cc1. The molecule has 11 nitrogen and oxygen atoms in total. The third-order valence-electron chi connectivity index (χ3n) is 11.1. The number of carbonyl (C=O) groups excluding carboxylic acids is 2. The maximum absolute atomic E-state index is 13.7. The van der Waals surface area contributed by atoms with Crippen LogP contribution in [0.4, 0.5) is 0 Å². The molecule has 0 saturated carbocycles. The molecule has 0 radical (unpaired) electrons. The quantitative estimate of drug-likeness (QED) is 0.0333. The van der Waals surface area contributed by atoms with Crippen molar-refractivity contribution in [3.63, 3.8) is 0 Å². The molecule has 0 amide bonds. The summed E-state index contributed by atoms with van der Waals surface area (Å²) in [5, 5.41) is 0.